The largest absolute Gasteiger partial charge is 0.481 e. The van der Waals surface area contributed by atoms with Gasteiger partial charge < -0.3 is 10.0 Å². The summed E-state index contributed by atoms with van der Waals surface area (Å²) >= 11 is 0. The van der Waals surface area contributed by atoms with Crippen molar-refractivity contribution < 1.29 is 14.8 Å². The van der Waals surface area contributed by atoms with Crippen molar-refractivity contribution in [3.05, 3.63) is 34.4 Å². The number of hydrogen-bond acceptors (Lipinski definition) is 4. The van der Waals surface area contributed by atoms with Crippen molar-refractivity contribution in [2.45, 2.75) is 26.2 Å². The van der Waals surface area contributed by atoms with Crippen molar-refractivity contribution in [1.29, 1.82) is 0 Å². The summed E-state index contributed by atoms with van der Waals surface area (Å²) in [5, 5.41) is 20.0. The smallest absolute Gasteiger partial charge is 0.309 e. The first kappa shape index (κ1) is 14.3. The van der Waals surface area contributed by atoms with E-state index >= 15 is 0 Å². The van der Waals surface area contributed by atoms with Crippen LogP contribution in [0.1, 0.15) is 26.2 Å². The minimum Gasteiger partial charge on any atom is -0.481 e. The van der Waals surface area contributed by atoms with Gasteiger partial charge in [-0.05, 0) is 31.4 Å². The number of aliphatic carboxylic acids is 1. The first-order chi connectivity index (χ1) is 9.48. The van der Waals surface area contributed by atoms with Gasteiger partial charge in [-0.2, -0.15) is 0 Å². The van der Waals surface area contributed by atoms with Gasteiger partial charge in [0.05, 0.1) is 10.3 Å². The summed E-state index contributed by atoms with van der Waals surface area (Å²) in [6.07, 6.45) is 1.85. The number of benzene rings is 1. The minimum atomic E-state index is -0.719. The zero-order valence-corrected chi connectivity index (χ0v) is 11.4. The Balaban J connectivity index is 2.07. The van der Waals surface area contributed by atoms with Crippen molar-refractivity contribution >= 4 is 17.3 Å². The number of nitrogens with zero attached hydrogens (tertiary/aromatic N) is 2. The summed E-state index contributed by atoms with van der Waals surface area (Å²) in [6.45, 7) is 3.24. The van der Waals surface area contributed by atoms with Crippen LogP contribution in [0, 0.1) is 15.5 Å². The average molecular weight is 278 g/mol. The second-order valence-electron chi connectivity index (χ2n) is 5.20. The molecule has 108 valence electrons. The molecular weight excluding hydrogens is 260 g/mol. The van der Waals surface area contributed by atoms with Gasteiger partial charge >= 0.3 is 5.97 Å². The number of nitro groups is 1. The monoisotopic (exact) mass is 278 g/mol. The second-order valence-corrected chi connectivity index (χ2v) is 5.20. The van der Waals surface area contributed by atoms with Gasteiger partial charge in [0.1, 0.15) is 0 Å². The molecule has 1 aliphatic heterocycles. The highest BCUT2D eigenvalue weighted by molar-refractivity contribution is 5.75. The van der Waals surface area contributed by atoms with Gasteiger partial charge in [-0.1, -0.05) is 6.92 Å². The van der Waals surface area contributed by atoms with Crippen molar-refractivity contribution in [1.82, 2.24) is 0 Å². The molecule has 0 aliphatic carbocycles. The Labute approximate surface area is 117 Å². The molecule has 1 aromatic rings. The van der Waals surface area contributed by atoms with Gasteiger partial charge in [0.15, 0.2) is 0 Å². The summed E-state index contributed by atoms with van der Waals surface area (Å²) < 4.78 is 0. The molecule has 2 rings (SSSR count). The fourth-order valence-corrected chi connectivity index (χ4v) is 2.70. The van der Waals surface area contributed by atoms with E-state index in [0.717, 1.165) is 5.69 Å². The average Bonchev–Trinajstić information content (AvgIpc) is 2.47. The molecular formula is C14H18N2O4. The molecule has 0 aromatic heterocycles. The third-order valence-corrected chi connectivity index (χ3v) is 4.28. The van der Waals surface area contributed by atoms with Gasteiger partial charge in [-0.15, -0.1) is 0 Å². The van der Waals surface area contributed by atoms with E-state index in [1.165, 1.54) is 12.1 Å². The Hall–Kier alpha value is -2.11. The van der Waals surface area contributed by atoms with Crippen molar-refractivity contribution in [2.75, 3.05) is 18.0 Å². The number of rotatable bonds is 4. The Bertz CT molecular complexity index is 504. The van der Waals surface area contributed by atoms with Crippen LogP contribution in [0.15, 0.2) is 24.3 Å². The van der Waals surface area contributed by atoms with Crippen molar-refractivity contribution in [3.8, 4) is 0 Å². The van der Waals surface area contributed by atoms with E-state index < -0.39 is 16.3 Å². The Morgan fingerprint density at radius 2 is 1.90 bits per heavy atom. The second kappa shape index (κ2) is 5.48. The molecule has 1 heterocycles. The molecule has 1 fully saturated rings. The third-order valence-electron chi connectivity index (χ3n) is 4.28. The van der Waals surface area contributed by atoms with Crippen LogP contribution in [0.2, 0.25) is 0 Å². The number of hydrogen-bond donors (Lipinski definition) is 1. The fourth-order valence-electron chi connectivity index (χ4n) is 2.70. The van der Waals surface area contributed by atoms with Gasteiger partial charge in [-0.3, -0.25) is 14.9 Å². The first-order valence-corrected chi connectivity index (χ1v) is 6.71. The van der Waals surface area contributed by atoms with Gasteiger partial charge in [0.2, 0.25) is 0 Å². The summed E-state index contributed by atoms with van der Waals surface area (Å²) in [5.41, 5.74) is 0.363. The SMILES string of the molecule is CCC1(C(=O)O)CCN(c2ccc([N+](=O)[O-])cc2)CC1. The van der Waals surface area contributed by atoms with E-state index in [4.69, 9.17) is 0 Å². The lowest BCUT2D eigenvalue weighted by Gasteiger charge is -2.39. The van der Waals surface area contributed by atoms with Gasteiger partial charge in [0.25, 0.3) is 5.69 Å². The van der Waals surface area contributed by atoms with Crippen LogP contribution in [-0.4, -0.2) is 29.1 Å². The predicted octanol–water partition coefficient (Wildman–Crippen LogP) is 2.68. The number of anilines is 1. The lowest BCUT2D eigenvalue weighted by atomic mass is 9.76. The van der Waals surface area contributed by atoms with E-state index in [9.17, 15) is 20.0 Å². The lowest BCUT2D eigenvalue weighted by Crippen LogP contribution is -2.44. The number of non-ortho nitro benzene ring substituents is 1. The van der Waals surface area contributed by atoms with Crippen LogP contribution < -0.4 is 4.90 Å². The number of piperidine rings is 1. The molecule has 6 heteroatoms. The molecule has 0 saturated carbocycles. The lowest BCUT2D eigenvalue weighted by molar-refractivity contribution is -0.384. The minimum absolute atomic E-state index is 0.0687. The van der Waals surface area contributed by atoms with E-state index in [2.05, 4.69) is 4.90 Å². The number of carboxylic acid groups (broad SMARTS) is 1. The Morgan fingerprint density at radius 1 is 1.35 bits per heavy atom. The number of nitro benzene ring substituents is 1. The summed E-state index contributed by atoms with van der Waals surface area (Å²) in [6, 6.07) is 6.40. The van der Waals surface area contributed by atoms with Crippen LogP contribution in [0.4, 0.5) is 11.4 Å². The maximum absolute atomic E-state index is 11.4. The van der Waals surface area contributed by atoms with E-state index in [1.807, 2.05) is 6.92 Å². The first-order valence-electron chi connectivity index (χ1n) is 6.71. The van der Waals surface area contributed by atoms with Crippen molar-refractivity contribution in [2.24, 2.45) is 5.41 Å². The van der Waals surface area contributed by atoms with Gasteiger partial charge in [0, 0.05) is 30.9 Å². The van der Waals surface area contributed by atoms with Crippen LogP contribution in [0.3, 0.4) is 0 Å². The summed E-state index contributed by atoms with van der Waals surface area (Å²) in [4.78, 5) is 23.7. The van der Waals surface area contributed by atoms with Crippen LogP contribution in [0.5, 0.6) is 0 Å². The normalized spacial score (nSPS) is 17.8. The molecule has 1 saturated heterocycles. The highest BCUT2D eigenvalue weighted by Crippen LogP contribution is 2.36. The highest BCUT2D eigenvalue weighted by atomic mass is 16.6. The molecule has 0 bridgehead atoms. The quantitative estimate of drug-likeness (QED) is 0.676. The Kier molecular flexibility index (Phi) is 3.92. The molecule has 1 N–H and O–H groups in total. The number of carbonyl (C=O) groups is 1. The molecule has 20 heavy (non-hydrogen) atoms. The van der Waals surface area contributed by atoms with Crippen LogP contribution in [0.25, 0.3) is 0 Å². The third kappa shape index (κ3) is 2.59. The molecule has 1 aromatic carbocycles. The van der Waals surface area contributed by atoms with Crippen molar-refractivity contribution in [3.63, 3.8) is 0 Å². The van der Waals surface area contributed by atoms with E-state index in [-0.39, 0.29) is 5.69 Å². The standard InChI is InChI=1S/C14H18N2O4/c1-2-14(13(17)18)7-9-15(10-8-14)11-3-5-12(6-4-11)16(19)20/h3-6H,2,7-10H2,1H3,(H,17,18). The molecule has 0 amide bonds. The molecule has 1 aliphatic rings. The summed E-state index contributed by atoms with van der Waals surface area (Å²) in [7, 11) is 0. The molecule has 0 unspecified atom stereocenters. The summed E-state index contributed by atoms with van der Waals surface area (Å²) in [5.74, 6) is -0.719. The fraction of sp³-hybridized carbons (Fsp3) is 0.500. The van der Waals surface area contributed by atoms with Gasteiger partial charge in [-0.25, -0.2) is 0 Å². The molecule has 0 atom stereocenters. The topological polar surface area (TPSA) is 83.7 Å². The van der Waals surface area contributed by atoms with E-state index in [0.29, 0.717) is 32.4 Å². The Morgan fingerprint density at radius 3 is 2.30 bits per heavy atom. The predicted molar refractivity (Wildman–Crippen MR) is 74.9 cm³/mol. The maximum atomic E-state index is 11.4. The van der Waals surface area contributed by atoms with Crippen LogP contribution >= 0.6 is 0 Å². The molecule has 0 spiro atoms. The zero-order valence-electron chi connectivity index (χ0n) is 11.4. The highest BCUT2D eigenvalue weighted by Gasteiger charge is 2.39. The van der Waals surface area contributed by atoms with E-state index in [1.54, 1.807) is 12.1 Å². The van der Waals surface area contributed by atoms with Crippen LogP contribution in [-0.2, 0) is 4.79 Å². The molecule has 0 radical (unpaired) electrons. The molecule has 6 nitrogen and oxygen atoms in total. The zero-order chi connectivity index (χ0) is 14.8. The maximum Gasteiger partial charge on any atom is 0.309 e. The number of carboxylic acids is 1.